The molecular weight excluding hydrogens is 244 g/mol. The first-order valence-corrected chi connectivity index (χ1v) is 6.11. The van der Waals surface area contributed by atoms with E-state index in [-0.39, 0.29) is 18.9 Å². The lowest BCUT2D eigenvalue weighted by Gasteiger charge is -2.23. The van der Waals surface area contributed by atoms with E-state index in [2.05, 4.69) is 0 Å². The lowest BCUT2D eigenvalue weighted by Crippen LogP contribution is -2.33. The molecule has 0 heterocycles. The molecular formula is C14H16N2O3. The summed E-state index contributed by atoms with van der Waals surface area (Å²) in [6.07, 6.45) is 0.867. The Labute approximate surface area is 112 Å². The summed E-state index contributed by atoms with van der Waals surface area (Å²) in [5.74, 6) is -1.13. The molecule has 0 aromatic heterocycles. The molecule has 0 radical (unpaired) electrons. The van der Waals surface area contributed by atoms with Crippen LogP contribution in [-0.4, -0.2) is 23.5 Å². The molecule has 1 N–H and O–H groups in total. The van der Waals surface area contributed by atoms with E-state index in [1.165, 1.54) is 4.90 Å². The third-order valence-corrected chi connectivity index (χ3v) is 2.63. The molecule has 1 aromatic rings. The molecule has 0 aliphatic rings. The van der Waals surface area contributed by atoms with Crippen LogP contribution < -0.4 is 4.90 Å². The molecule has 0 aliphatic carbocycles. The van der Waals surface area contributed by atoms with Gasteiger partial charge >= 0.3 is 5.97 Å². The van der Waals surface area contributed by atoms with Crippen LogP contribution in [0, 0.1) is 11.3 Å². The summed E-state index contributed by atoms with van der Waals surface area (Å²) in [6, 6.07) is 8.73. The molecule has 0 fully saturated rings. The number of nitriles is 1. The third kappa shape index (κ3) is 4.11. The van der Waals surface area contributed by atoms with Gasteiger partial charge in [0.05, 0.1) is 17.7 Å². The van der Waals surface area contributed by atoms with Gasteiger partial charge in [0.1, 0.15) is 6.07 Å². The molecule has 0 bridgehead atoms. The summed E-state index contributed by atoms with van der Waals surface area (Å²) < 4.78 is 0. The molecule has 19 heavy (non-hydrogen) atoms. The zero-order valence-corrected chi connectivity index (χ0v) is 10.8. The van der Waals surface area contributed by atoms with Gasteiger partial charge in [0.25, 0.3) is 0 Å². The maximum atomic E-state index is 12.0. The summed E-state index contributed by atoms with van der Waals surface area (Å²) >= 11 is 0. The van der Waals surface area contributed by atoms with Gasteiger partial charge in [-0.1, -0.05) is 19.1 Å². The van der Waals surface area contributed by atoms with E-state index in [4.69, 9.17) is 10.4 Å². The van der Waals surface area contributed by atoms with Crippen molar-refractivity contribution in [2.24, 2.45) is 0 Å². The normalized spacial score (nSPS) is 9.68. The smallest absolute Gasteiger partial charge is 0.305 e. The van der Waals surface area contributed by atoms with Gasteiger partial charge in [0.2, 0.25) is 5.91 Å². The van der Waals surface area contributed by atoms with Gasteiger partial charge in [-0.15, -0.1) is 0 Å². The number of anilines is 1. The number of hydrogen-bond donors (Lipinski definition) is 1. The Hall–Kier alpha value is -2.35. The number of hydrogen-bond acceptors (Lipinski definition) is 3. The fourth-order valence-electron chi connectivity index (χ4n) is 1.74. The van der Waals surface area contributed by atoms with Crippen molar-refractivity contribution in [2.75, 3.05) is 11.4 Å². The van der Waals surface area contributed by atoms with E-state index in [9.17, 15) is 9.59 Å². The maximum Gasteiger partial charge on any atom is 0.305 e. The van der Waals surface area contributed by atoms with Crippen molar-refractivity contribution in [1.29, 1.82) is 5.26 Å². The fraction of sp³-hybridized carbons (Fsp3) is 0.357. The average Bonchev–Trinajstić information content (AvgIpc) is 2.39. The van der Waals surface area contributed by atoms with Crippen molar-refractivity contribution in [2.45, 2.75) is 26.2 Å². The van der Waals surface area contributed by atoms with Gasteiger partial charge in [-0.05, 0) is 18.6 Å². The topological polar surface area (TPSA) is 81.4 Å². The second-order valence-corrected chi connectivity index (χ2v) is 4.07. The van der Waals surface area contributed by atoms with Crippen molar-refractivity contribution in [3.63, 3.8) is 0 Å². The van der Waals surface area contributed by atoms with Crippen molar-refractivity contribution in [1.82, 2.24) is 0 Å². The van der Waals surface area contributed by atoms with E-state index in [1.807, 2.05) is 13.0 Å². The zero-order chi connectivity index (χ0) is 14.3. The zero-order valence-electron chi connectivity index (χ0n) is 10.8. The minimum atomic E-state index is -0.969. The van der Waals surface area contributed by atoms with Crippen molar-refractivity contribution in [3.05, 3.63) is 29.8 Å². The molecule has 0 saturated heterocycles. The number of carbonyl (C=O) groups is 2. The minimum Gasteiger partial charge on any atom is -0.481 e. The van der Waals surface area contributed by atoms with Gasteiger partial charge in [0, 0.05) is 13.0 Å². The fourth-order valence-corrected chi connectivity index (χ4v) is 1.74. The molecule has 5 nitrogen and oxygen atoms in total. The van der Waals surface area contributed by atoms with Crippen molar-refractivity contribution >= 4 is 17.6 Å². The van der Waals surface area contributed by atoms with Crippen LogP contribution in [0.4, 0.5) is 5.69 Å². The van der Waals surface area contributed by atoms with Gasteiger partial charge in [-0.2, -0.15) is 5.26 Å². The summed E-state index contributed by atoms with van der Waals surface area (Å²) in [7, 11) is 0. The number of benzene rings is 1. The molecule has 0 saturated carbocycles. The molecule has 100 valence electrons. The number of rotatable bonds is 6. The minimum absolute atomic E-state index is 0.0762. The van der Waals surface area contributed by atoms with Crippen LogP contribution in [0.25, 0.3) is 0 Å². The second-order valence-electron chi connectivity index (χ2n) is 4.07. The highest BCUT2D eigenvalue weighted by Crippen LogP contribution is 2.21. The van der Waals surface area contributed by atoms with E-state index >= 15 is 0 Å². The van der Waals surface area contributed by atoms with Crippen LogP contribution in [0.2, 0.25) is 0 Å². The predicted octanol–water partition coefficient (Wildman–Crippen LogP) is 2.17. The first-order valence-electron chi connectivity index (χ1n) is 6.11. The Morgan fingerprint density at radius 2 is 2.00 bits per heavy atom. The highest BCUT2D eigenvalue weighted by atomic mass is 16.4. The van der Waals surface area contributed by atoms with E-state index in [0.29, 0.717) is 24.1 Å². The third-order valence-electron chi connectivity index (χ3n) is 2.63. The van der Waals surface area contributed by atoms with Crippen molar-refractivity contribution in [3.8, 4) is 6.07 Å². The lowest BCUT2D eigenvalue weighted by molar-refractivity contribution is -0.136. The number of aliphatic carboxylic acids is 1. The van der Waals surface area contributed by atoms with Gasteiger partial charge in [-0.25, -0.2) is 0 Å². The quantitative estimate of drug-likeness (QED) is 0.849. The number of carboxylic acid groups (broad SMARTS) is 1. The summed E-state index contributed by atoms with van der Waals surface area (Å²) in [5.41, 5.74) is 0.849. The summed E-state index contributed by atoms with van der Waals surface area (Å²) in [4.78, 5) is 24.1. The molecule has 0 unspecified atom stereocenters. The van der Waals surface area contributed by atoms with Gasteiger partial charge in [-0.3, -0.25) is 9.59 Å². The Balaban J connectivity index is 3.04. The van der Waals surface area contributed by atoms with Crippen LogP contribution >= 0.6 is 0 Å². The van der Waals surface area contributed by atoms with E-state index in [1.54, 1.807) is 24.3 Å². The van der Waals surface area contributed by atoms with Gasteiger partial charge in [0.15, 0.2) is 0 Å². The Bertz CT molecular complexity index is 506. The Morgan fingerprint density at radius 3 is 2.58 bits per heavy atom. The maximum absolute atomic E-state index is 12.0. The van der Waals surface area contributed by atoms with Crippen LogP contribution in [-0.2, 0) is 9.59 Å². The summed E-state index contributed by atoms with van der Waals surface area (Å²) in [5, 5.41) is 17.8. The van der Waals surface area contributed by atoms with Crippen LogP contribution in [0.15, 0.2) is 24.3 Å². The average molecular weight is 260 g/mol. The number of nitrogens with zero attached hydrogens (tertiary/aromatic N) is 2. The lowest BCUT2D eigenvalue weighted by atomic mass is 10.1. The van der Waals surface area contributed by atoms with Crippen LogP contribution in [0.1, 0.15) is 31.7 Å². The monoisotopic (exact) mass is 260 g/mol. The summed E-state index contributed by atoms with van der Waals surface area (Å²) in [6.45, 7) is 1.95. The standard InChI is InChI=1S/C14H16N2O3/c1-2-5-13(17)16(9-8-14(18)19)12-7-4-3-6-11(12)10-15/h3-4,6-7H,2,5,8-9H2,1H3,(H,18,19). The Kier molecular flexibility index (Phi) is 5.55. The van der Waals surface area contributed by atoms with Crippen molar-refractivity contribution < 1.29 is 14.7 Å². The first-order chi connectivity index (χ1) is 9.10. The predicted molar refractivity (Wildman–Crippen MR) is 70.7 cm³/mol. The largest absolute Gasteiger partial charge is 0.481 e. The van der Waals surface area contributed by atoms with Gasteiger partial charge < -0.3 is 10.0 Å². The van der Waals surface area contributed by atoms with Crippen LogP contribution in [0.5, 0.6) is 0 Å². The second kappa shape index (κ2) is 7.17. The molecule has 0 atom stereocenters. The molecule has 1 aromatic carbocycles. The highest BCUT2D eigenvalue weighted by Gasteiger charge is 2.18. The molecule has 0 aliphatic heterocycles. The molecule has 0 spiro atoms. The number of carbonyl (C=O) groups excluding carboxylic acids is 1. The highest BCUT2D eigenvalue weighted by molar-refractivity contribution is 5.95. The van der Waals surface area contributed by atoms with Crippen LogP contribution in [0.3, 0.4) is 0 Å². The molecule has 5 heteroatoms. The molecule has 1 rings (SSSR count). The number of carboxylic acids is 1. The molecule has 1 amide bonds. The van der Waals surface area contributed by atoms with E-state index < -0.39 is 5.97 Å². The number of para-hydroxylation sites is 1. The first kappa shape index (κ1) is 14.7. The SMILES string of the molecule is CCCC(=O)N(CCC(=O)O)c1ccccc1C#N. The Morgan fingerprint density at radius 1 is 1.32 bits per heavy atom. The number of amides is 1. The van der Waals surface area contributed by atoms with E-state index in [0.717, 1.165) is 0 Å².